The summed E-state index contributed by atoms with van der Waals surface area (Å²) in [5.41, 5.74) is 0.926. The summed E-state index contributed by atoms with van der Waals surface area (Å²) in [6.45, 7) is 11.3. The minimum Gasteiger partial charge on any atom is -0.413 e. The molecule has 0 aromatic heterocycles. The van der Waals surface area contributed by atoms with Gasteiger partial charge in [-0.1, -0.05) is 26.8 Å². The molecule has 4 heteroatoms. The maximum Gasteiger partial charge on any atom is 0.192 e. The van der Waals surface area contributed by atoms with Crippen molar-refractivity contribution >= 4 is 14.6 Å². The Labute approximate surface area is 109 Å². The third-order valence-electron chi connectivity index (χ3n) is 3.59. The van der Waals surface area contributed by atoms with Crippen LogP contribution in [0.1, 0.15) is 36.7 Å². The molecule has 100 valence electrons. The van der Waals surface area contributed by atoms with Gasteiger partial charge >= 0.3 is 0 Å². The van der Waals surface area contributed by atoms with Crippen LogP contribution in [0.15, 0.2) is 18.2 Å². The summed E-state index contributed by atoms with van der Waals surface area (Å²) in [4.78, 5) is 10.7. The lowest BCUT2D eigenvalue weighted by molar-refractivity contribution is 0.111. The molecule has 0 fully saturated rings. The molecule has 0 amide bonds. The van der Waals surface area contributed by atoms with Crippen molar-refractivity contribution in [3.05, 3.63) is 35.1 Å². The molecule has 0 unspecified atom stereocenters. The van der Waals surface area contributed by atoms with Crippen molar-refractivity contribution in [1.82, 2.24) is 0 Å². The molecular weight excluding hydrogens is 247 g/mol. The molecule has 0 heterocycles. The van der Waals surface area contributed by atoms with Gasteiger partial charge in [0.2, 0.25) is 0 Å². The van der Waals surface area contributed by atoms with E-state index in [1.165, 1.54) is 6.07 Å². The fourth-order valence-corrected chi connectivity index (χ4v) is 2.21. The highest BCUT2D eigenvalue weighted by atomic mass is 28.4. The summed E-state index contributed by atoms with van der Waals surface area (Å²) >= 11 is 0. The lowest BCUT2D eigenvalue weighted by Crippen LogP contribution is -2.40. The van der Waals surface area contributed by atoms with Crippen LogP contribution < -0.4 is 0 Å². The summed E-state index contributed by atoms with van der Waals surface area (Å²) in [6.07, 6.45) is 0.533. The number of hydrogen-bond donors (Lipinski definition) is 0. The molecular formula is C14H21FO2Si. The van der Waals surface area contributed by atoms with Gasteiger partial charge in [0.1, 0.15) is 5.82 Å². The Morgan fingerprint density at radius 2 is 1.94 bits per heavy atom. The van der Waals surface area contributed by atoms with Crippen LogP contribution >= 0.6 is 0 Å². The molecule has 18 heavy (non-hydrogen) atoms. The molecule has 2 nitrogen and oxygen atoms in total. The maximum atomic E-state index is 13.2. The molecule has 0 saturated carbocycles. The second kappa shape index (κ2) is 5.32. The van der Waals surface area contributed by atoms with Gasteiger partial charge in [0.15, 0.2) is 14.6 Å². The van der Waals surface area contributed by atoms with E-state index < -0.39 is 14.1 Å². The standard InChI is InChI=1S/C14H21FO2Si/c1-14(2,3)18(4,5)17-10-11-6-7-13(15)12(8-11)9-16/h6-9H,10H2,1-5H3. The van der Waals surface area contributed by atoms with Gasteiger partial charge in [-0.25, -0.2) is 4.39 Å². The molecule has 0 saturated heterocycles. The average Bonchev–Trinajstić information content (AvgIpc) is 2.26. The van der Waals surface area contributed by atoms with Crippen LogP contribution in [0, 0.1) is 5.82 Å². The van der Waals surface area contributed by atoms with Gasteiger partial charge in [-0.15, -0.1) is 0 Å². The summed E-state index contributed by atoms with van der Waals surface area (Å²) in [7, 11) is -1.81. The number of benzene rings is 1. The Balaban J connectivity index is 2.78. The number of halogens is 1. The predicted octanol–water partition coefficient (Wildman–Crippen LogP) is 4.16. The van der Waals surface area contributed by atoms with E-state index in [9.17, 15) is 9.18 Å². The molecule has 0 N–H and O–H groups in total. The third-order valence-corrected chi connectivity index (χ3v) is 8.07. The van der Waals surface area contributed by atoms with Gasteiger partial charge in [-0.2, -0.15) is 0 Å². The van der Waals surface area contributed by atoms with Crippen molar-refractivity contribution in [1.29, 1.82) is 0 Å². The minimum absolute atomic E-state index is 0.0892. The Morgan fingerprint density at radius 3 is 2.44 bits per heavy atom. The van der Waals surface area contributed by atoms with Crippen molar-refractivity contribution in [2.24, 2.45) is 0 Å². The Kier molecular flexibility index (Phi) is 4.45. The smallest absolute Gasteiger partial charge is 0.192 e. The third kappa shape index (κ3) is 3.49. The molecule has 1 aromatic rings. The first-order valence-electron chi connectivity index (χ1n) is 6.05. The molecule has 0 aliphatic heterocycles. The first-order chi connectivity index (χ1) is 8.17. The number of aldehydes is 1. The highest BCUT2D eigenvalue weighted by molar-refractivity contribution is 6.74. The average molecular weight is 268 g/mol. The molecule has 0 atom stereocenters. The van der Waals surface area contributed by atoms with E-state index >= 15 is 0 Å². The van der Waals surface area contributed by atoms with Crippen molar-refractivity contribution in [2.75, 3.05) is 0 Å². The molecule has 0 aliphatic carbocycles. The number of carbonyl (C=O) groups is 1. The van der Waals surface area contributed by atoms with Gasteiger partial charge in [-0.05, 0) is 35.8 Å². The second-order valence-electron chi connectivity index (χ2n) is 6.02. The van der Waals surface area contributed by atoms with Crippen molar-refractivity contribution in [2.45, 2.75) is 45.5 Å². The largest absolute Gasteiger partial charge is 0.413 e. The maximum absolute atomic E-state index is 13.2. The van der Waals surface area contributed by atoms with Crippen molar-refractivity contribution in [3.63, 3.8) is 0 Å². The Bertz CT molecular complexity index is 436. The zero-order valence-electron chi connectivity index (χ0n) is 11.7. The second-order valence-corrected chi connectivity index (χ2v) is 10.8. The predicted molar refractivity (Wildman–Crippen MR) is 73.8 cm³/mol. The fourth-order valence-electron chi connectivity index (χ4n) is 1.25. The number of hydrogen-bond acceptors (Lipinski definition) is 2. The molecule has 0 aliphatic rings. The summed E-state index contributed by atoms with van der Waals surface area (Å²) in [5, 5.41) is 0.139. The monoisotopic (exact) mass is 268 g/mol. The van der Waals surface area contributed by atoms with E-state index in [-0.39, 0.29) is 10.6 Å². The van der Waals surface area contributed by atoms with Gasteiger partial charge in [-0.3, -0.25) is 4.79 Å². The van der Waals surface area contributed by atoms with Gasteiger partial charge in [0, 0.05) is 0 Å². The normalized spacial score (nSPS) is 12.6. The fraction of sp³-hybridized carbons (Fsp3) is 0.500. The molecule has 1 rings (SSSR count). The topological polar surface area (TPSA) is 26.3 Å². The Morgan fingerprint density at radius 1 is 1.33 bits per heavy atom. The zero-order chi connectivity index (χ0) is 14.0. The van der Waals surface area contributed by atoms with Crippen LogP contribution in [-0.4, -0.2) is 14.6 Å². The van der Waals surface area contributed by atoms with E-state index in [2.05, 4.69) is 33.9 Å². The highest BCUT2D eigenvalue weighted by Crippen LogP contribution is 2.37. The SMILES string of the molecule is CC(C)(C)[Si](C)(C)OCc1ccc(F)c(C=O)c1. The first-order valence-corrected chi connectivity index (χ1v) is 8.96. The molecule has 1 aromatic carbocycles. The summed E-state index contributed by atoms with van der Waals surface area (Å²) < 4.78 is 19.2. The summed E-state index contributed by atoms with van der Waals surface area (Å²) in [5.74, 6) is -0.485. The highest BCUT2D eigenvalue weighted by Gasteiger charge is 2.36. The van der Waals surface area contributed by atoms with E-state index in [0.717, 1.165) is 5.56 Å². The van der Waals surface area contributed by atoms with Gasteiger partial charge in [0.25, 0.3) is 0 Å². The molecule has 0 bridgehead atoms. The van der Waals surface area contributed by atoms with Crippen molar-refractivity contribution < 1.29 is 13.6 Å². The van der Waals surface area contributed by atoms with Crippen LogP contribution in [0.3, 0.4) is 0 Å². The van der Waals surface area contributed by atoms with Crippen LogP contribution in [0.2, 0.25) is 18.1 Å². The van der Waals surface area contributed by atoms with Gasteiger partial charge in [0.05, 0.1) is 12.2 Å². The lowest BCUT2D eigenvalue weighted by atomic mass is 10.1. The van der Waals surface area contributed by atoms with Crippen LogP contribution in [-0.2, 0) is 11.0 Å². The summed E-state index contributed by atoms with van der Waals surface area (Å²) in [6, 6.07) is 4.53. The van der Waals surface area contributed by atoms with Crippen LogP contribution in [0.5, 0.6) is 0 Å². The van der Waals surface area contributed by atoms with E-state index in [1.807, 2.05) is 0 Å². The van der Waals surface area contributed by atoms with E-state index in [4.69, 9.17) is 4.43 Å². The Hall–Kier alpha value is -1.00. The first kappa shape index (κ1) is 15.1. The van der Waals surface area contributed by atoms with Crippen LogP contribution in [0.25, 0.3) is 0 Å². The zero-order valence-corrected chi connectivity index (χ0v) is 12.7. The number of rotatable bonds is 4. The van der Waals surface area contributed by atoms with Gasteiger partial charge < -0.3 is 4.43 Å². The quantitative estimate of drug-likeness (QED) is 0.605. The molecule has 0 spiro atoms. The number of carbonyl (C=O) groups excluding carboxylic acids is 1. The minimum atomic E-state index is -1.81. The van der Waals surface area contributed by atoms with Crippen LogP contribution in [0.4, 0.5) is 4.39 Å². The van der Waals surface area contributed by atoms with E-state index in [0.29, 0.717) is 12.9 Å². The lowest BCUT2D eigenvalue weighted by Gasteiger charge is -2.36. The van der Waals surface area contributed by atoms with E-state index in [1.54, 1.807) is 12.1 Å². The molecule has 0 radical (unpaired) electrons. The van der Waals surface area contributed by atoms with Crippen molar-refractivity contribution in [3.8, 4) is 0 Å².